The highest BCUT2D eigenvalue weighted by molar-refractivity contribution is 6.63. The zero-order valence-electron chi connectivity index (χ0n) is 10.3. The van der Waals surface area contributed by atoms with E-state index in [1.54, 1.807) is 0 Å². The van der Waals surface area contributed by atoms with E-state index in [9.17, 15) is 0 Å². The lowest BCUT2D eigenvalue weighted by atomic mass is 9.26. The van der Waals surface area contributed by atoms with Gasteiger partial charge in [-0.3, -0.25) is 0 Å². The van der Waals surface area contributed by atoms with Gasteiger partial charge in [0.25, 0.3) is 0 Å². The molecule has 0 aliphatic carbocycles. The van der Waals surface area contributed by atoms with Crippen molar-refractivity contribution in [1.29, 1.82) is 0 Å². The molecule has 2 heterocycles. The summed E-state index contributed by atoms with van der Waals surface area (Å²) in [5.41, 5.74) is 0. The van der Waals surface area contributed by atoms with Gasteiger partial charge >= 0.3 is 0 Å². The van der Waals surface area contributed by atoms with E-state index in [-0.39, 0.29) is 0 Å². The van der Waals surface area contributed by atoms with Crippen LogP contribution in [0.1, 0.15) is 58.3 Å². The molecular formula is C14H25B-. The van der Waals surface area contributed by atoms with Crippen molar-refractivity contribution in [3.05, 3.63) is 12.2 Å². The first-order valence-electron chi connectivity index (χ1n) is 7.06. The fourth-order valence-electron chi connectivity index (χ4n) is 3.74. The molecule has 2 saturated heterocycles. The maximum absolute atomic E-state index is 2.48. The van der Waals surface area contributed by atoms with Crippen LogP contribution in [0.15, 0.2) is 12.2 Å². The standard InChI is InChI=1S/C14H25B/c1-2-3-4-5-12-15-13-8-6-9-14(15)11-7-10-13/h4-5,13-14H,2-3,6-12H2,1H3/q-1/b5-4+. The smallest absolute Gasteiger partial charge is 0.0355 e. The highest BCUT2D eigenvalue weighted by Crippen LogP contribution is 2.47. The van der Waals surface area contributed by atoms with Crippen molar-refractivity contribution in [1.82, 2.24) is 0 Å². The first-order valence-corrected chi connectivity index (χ1v) is 7.06. The normalized spacial score (nSPS) is 32.3. The van der Waals surface area contributed by atoms with Crippen LogP contribution < -0.4 is 0 Å². The molecule has 85 valence electrons. The molecule has 0 amide bonds. The topological polar surface area (TPSA) is 0 Å². The van der Waals surface area contributed by atoms with E-state index >= 15 is 0 Å². The molecule has 2 aliphatic heterocycles. The van der Waals surface area contributed by atoms with E-state index in [0.29, 0.717) is 0 Å². The van der Waals surface area contributed by atoms with Crippen LogP contribution >= 0.6 is 0 Å². The Morgan fingerprint density at radius 1 is 1.00 bits per heavy atom. The lowest BCUT2D eigenvalue weighted by Crippen LogP contribution is -2.33. The third-order valence-corrected chi connectivity index (χ3v) is 4.54. The molecule has 0 aromatic rings. The number of rotatable bonds is 4. The van der Waals surface area contributed by atoms with Gasteiger partial charge in [0, 0.05) is 0 Å². The average molecular weight is 204 g/mol. The highest BCUT2D eigenvalue weighted by atomic mass is 14.2. The Bertz CT molecular complexity index is 187. The van der Waals surface area contributed by atoms with Crippen molar-refractivity contribution in [2.45, 2.75) is 76.2 Å². The Morgan fingerprint density at radius 3 is 2.13 bits per heavy atom. The molecule has 2 fully saturated rings. The molecular weight excluding hydrogens is 179 g/mol. The molecule has 1 heteroatoms. The Kier molecular flexibility index (Phi) is 4.35. The van der Waals surface area contributed by atoms with Gasteiger partial charge in [0.15, 0.2) is 0 Å². The van der Waals surface area contributed by atoms with Crippen LogP contribution in [0.2, 0.25) is 18.0 Å². The predicted octanol–water partition coefficient (Wildman–Crippen LogP) is 4.95. The van der Waals surface area contributed by atoms with Gasteiger partial charge in [0.05, 0.1) is 0 Å². The second-order valence-electron chi connectivity index (χ2n) is 5.54. The summed E-state index contributed by atoms with van der Waals surface area (Å²) in [6, 6.07) is 0. The minimum Gasteiger partial charge on any atom is -0.196 e. The highest BCUT2D eigenvalue weighted by Gasteiger charge is 2.25. The van der Waals surface area contributed by atoms with Crippen LogP contribution in [0, 0.1) is 0 Å². The van der Waals surface area contributed by atoms with Gasteiger partial charge in [0.2, 0.25) is 0 Å². The number of hydrogen-bond acceptors (Lipinski definition) is 0. The summed E-state index contributed by atoms with van der Waals surface area (Å²) >= 11 is 0. The van der Waals surface area contributed by atoms with E-state index in [0.717, 1.165) is 18.3 Å². The van der Waals surface area contributed by atoms with Crippen molar-refractivity contribution < 1.29 is 0 Å². The van der Waals surface area contributed by atoms with Crippen molar-refractivity contribution in [3.8, 4) is 0 Å². The van der Waals surface area contributed by atoms with Gasteiger partial charge in [-0.2, -0.15) is 18.0 Å². The van der Waals surface area contributed by atoms with Crippen molar-refractivity contribution >= 4 is 6.71 Å². The van der Waals surface area contributed by atoms with Crippen LogP contribution in [-0.4, -0.2) is 6.71 Å². The molecule has 0 nitrogen and oxygen atoms in total. The van der Waals surface area contributed by atoms with Crippen LogP contribution in [0.4, 0.5) is 0 Å². The lowest BCUT2D eigenvalue weighted by Gasteiger charge is -2.51. The maximum atomic E-state index is 2.48. The van der Waals surface area contributed by atoms with Crippen LogP contribution in [0.25, 0.3) is 0 Å². The summed E-state index contributed by atoms with van der Waals surface area (Å²) < 4.78 is 0. The maximum Gasteiger partial charge on any atom is -0.0355 e. The summed E-state index contributed by atoms with van der Waals surface area (Å²) in [4.78, 5) is 0. The van der Waals surface area contributed by atoms with Crippen molar-refractivity contribution in [3.63, 3.8) is 0 Å². The van der Waals surface area contributed by atoms with E-state index in [2.05, 4.69) is 19.1 Å². The minimum atomic E-state index is 1.06. The van der Waals surface area contributed by atoms with Gasteiger partial charge in [-0.25, -0.2) is 0 Å². The predicted molar refractivity (Wildman–Crippen MR) is 69.8 cm³/mol. The summed E-state index contributed by atoms with van der Waals surface area (Å²) in [6.07, 6.45) is 18.0. The second-order valence-corrected chi connectivity index (χ2v) is 5.54. The van der Waals surface area contributed by atoms with E-state index in [4.69, 9.17) is 0 Å². The summed E-state index contributed by atoms with van der Waals surface area (Å²) in [7, 11) is 0. The monoisotopic (exact) mass is 204 g/mol. The molecule has 15 heavy (non-hydrogen) atoms. The molecule has 2 bridgehead atoms. The molecule has 2 aliphatic rings. The molecule has 1 radical (unpaired) electrons. The van der Waals surface area contributed by atoms with Gasteiger partial charge in [-0.1, -0.05) is 57.9 Å². The summed E-state index contributed by atoms with van der Waals surface area (Å²) in [6.45, 7) is 3.32. The fourth-order valence-corrected chi connectivity index (χ4v) is 3.74. The average Bonchev–Trinajstić information content (AvgIpc) is 2.24. The quantitative estimate of drug-likeness (QED) is 0.449. The molecule has 0 spiro atoms. The van der Waals surface area contributed by atoms with Gasteiger partial charge in [-0.05, 0) is 6.42 Å². The number of hydrogen-bond donors (Lipinski definition) is 0. The van der Waals surface area contributed by atoms with E-state index in [1.165, 1.54) is 57.7 Å². The second kappa shape index (κ2) is 5.77. The zero-order chi connectivity index (χ0) is 10.5. The van der Waals surface area contributed by atoms with Gasteiger partial charge in [0.1, 0.15) is 0 Å². The molecule has 0 saturated carbocycles. The van der Waals surface area contributed by atoms with Crippen molar-refractivity contribution in [2.24, 2.45) is 0 Å². The first-order chi connectivity index (χ1) is 7.42. The first kappa shape index (κ1) is 11.3. The number of allylic oxidation sites excluding steroid dienone is 2. The van der Waals surface area contributed by atoms with Crippen molar-refractivity contribution in [2.75, 3.05) is 0 Å². The van der Waals surface area contributed by atoms with Crippen LogP contribution in [-0.2, 0) is 0 Å². The molecule has 0 unspecified atom stereocenters. The third kappa shape index (κ3) is 2.89. The molecule has 0 atom stereocenters. The Labute approximate surface area is 95.6 Å². The van der Waals surface area contributed by atoms with E-state index < -0.39 is 0 Å². The number of unbranched alkanes of at least 4 members (excludes halogenated alkanes) is 1. The lowest BCUT2D eigenvalue weighted by molar-refractivity contribution is 0.443. The summed E-state index contributed by atoms with van der Waals surface area (Å²) in [5, 5.41) is 0. The Morgan fingerprint density at radius 2 is 1.60 bits per heavy atom. The molecule has 0 aromatic heterocycles. The van der Waals surface area contributed by atoms with E-state index in [1.807, 2.05) is 0 Å². The fraction of sp³-hybridized carbons (Fsp3) is 0.857. The van der Waals surface area contributed by atoms with Crippen LogP contribution in [0.5, 0.6) is 0 Å². The van der Waals surface area contributed by atoms with Gasteiger partial charge in [-0.15, -0.1) is 12.8 Å². The van der Waals surface area contributed by atoms with Crippen LogP contribution in [0.3, 0.4) is 0 Å². The third-order valence-electron chi connectivity index (χ3n) is 4.54. The Hall–Kier alpha value is -0.195. The SMILES string of the molecule is CCC/C=C/C[B-]1C2CCCC1CCC2. The Balaban J connectivity index is 1.84. The molecule has 0 aromatic carbocycles. The molecule has 0 N–H and O–H groups in total. The summed E-state index contributed by atoms with van der Waals surface area (Å²) in [5.74, 6) is 2.17. The minimum absolute atomic E-state index is 1.06. The largest absolute Gasteiger partial charge is 0.196 e. The zero-order valence-corrected chi connectivity index (χ0v) is 10.3. The molecule has 2 rings (SSSR count). The van der Waals surface area contributed by atoms with Gasteiger partial charge < -0.3 is 0 Å². The number of fused-ring (bicyclic) bond motifs is 2.